The number of rotatable bonds is 6. The molecule has 0 fully saturated rings. The normalized spacial score (nSPS) is 14.7. The van der Waals surface area contributed by atoms with Crippen molar-refractivity contribution in [3.05, 3.63) is 98.3 Å². The predicted molar refractivity (Wildman–Crippen MR) is 157 cm³/mol. The number of imidazole rings is 1. The summed E-state index contributed by atoms with van der Waals surface area (Å²) in [6, 6.07) is 11.6. The Bertz CT molecular complexity index is 1800. The van der Waals surface area contributed by atoms with Crippen molar-refractivity contribution in [2.24, 2.45) is 7.05 Å². The van der Waals surface area contributed by atoms with Crippen LogP contribution in [0.5, 0.6) is 0 Å². The Kier molecular flexibility index (Phi) is 8.25. The van der Waals surface area contributed by atoms with E-state index in [-0.39, 0.29) is 42.7 Å². The van der Waals surface area contributed by atoms with Crippen molar-refractivity contribution in [3.63, 3.8) is 0 Å². The minimum absolute atomic E-state index is 0.00823. The van der Waals surface area contributed by atoms with Gasteiger partial charge in [-0.2, -0.15) is 13.2 Å². The first-order chi connectivity index (χ1) is 20.8. The van der Waals surface area contributed by atoms with Gasteiger partial charge in [-0.15, -0.1) is 0 Å². The van der Waals surface area contributed by atoms with Crippen LogP contribution in [0, 0.1) is 0 Å². The van der Waals surface area contributed by atoms with Gasteiger partial charge in [0, 0.05) is 37.0 Å². The summed E-state index contributed by atoms with van der Waals surface area (Å²) >= 11 is 5.76. The maximum absolute atomic E-state index is 14.2. The van der Waals surface area contributed by atoms with Crippen LogP contribution in [-0.4, -0.2) is 55.6 Å². The lowest BCUT2D eigenvalue weighted by Gasteiger charge is -2.35. The van der Waals surface area contributed by atoms with E-state index in [1.165, 1.54) is 26.3 Å². The van der Waals surface area contributed by atoms with Gasteiger partial charge in [0.2, 0.25) is 11.8 Å². The van der Waals surface area contributed by atoms with Gasteiger partial charge in [0.25, 0.3) is 11.5 Å². The Hall–Kier alpha value is -4.65. The van der Waals surface area contributed by atoms with Gasteiger partial charge in [0.1, 0.15) is 5.82 Å². The number of para-hydroxylation sites is 1. The van der Waals surface area contributed by atoms with E-state index in [2.05, 4.69) is 4.98 Å². The molecule has 0 N–H and O–H groups in total. The molecular formula is C30H28ClF3N6O4. The lowest BCUT2D eigenvalue weighted by Crippen LogP contribution is -2.46. The van der Waals surface area contributed by atoms with Crippen LogP contribution in [0.3, 0.4) is 0 Å². The number of hydrogen-bond acceptors (Lipinski definition) is 7. The number of carbonyl (C=O) groups excluding carboxylic acids is 2. The highest BCUT2D eigenvalue weighted by molar-refractivity contribution is 6.31. The van der Waals surface area contributed by atoms with E-state index in [1.807, 2.05) is 30.3 Å². The van der Waals surface area contributed by atoms with E-state index < -0.39 is 40.2 Å². The predicted octanol–water partition coefficient (Wildman–Crippen LogP) is 5.17. The zero-order chi connectivity index (χ0) is 31.9. The maximum Gasteiger partial charge on any atom is 0.417 e. The number of alkyl halides is 3. The van der Waals surface area contributed by atoms with Crippen molar-refractivity contribution in [2.75, 3.05) is 18.6 Å². The second kappa shape index (κ2) is 11.8. The Morgan fingerprint density at radius 1 is 1.16 bits per heavy atom. The third-order valence-corrected chi connectivity index (χ3v) is 7.80. The number of halogens is 4. The molecule has 44 heavy (non-hydrogen) atoms. The van der Waals surface area contributed by atoms with E-state index in [0.29, 0.717) is 16.9 Å². The molecule has 0 unspecified atom stereocenters. The van der Waals surface area contributed by atoms with Gasteiger partial charge in [-0.05, 0) is 50.6 Å². The third kappa shape index (κ3) is 5.54. The first-order valence-corrected chi connectivity index (χ1v) is 14.0. The monoisotopic (exact) mass is 628 g/mol. The molecular weight excluding hydrogens is 601 g/mol. The fourth-order valence-corrected chi connectivity index (χ4v) is 5.38. The molecule has 0 saturated carbocycles. The third-order valence-electron chi connectivity index (χ3n) is 7.47. The molecule has 10 nitrogen and oxygen atoms in total. The summed E-state index contributed by atoms with van der Waals surface area (Å²) in [5.41, 5.74) is -0.407. The Balaban J connectivity index is 1.62. The zero-order valence-corrected chi connectivity index (χ0v) is 25.0. The van der Waals surface area contributed by atoms with E-state index in [9.17, 15) is 27.6 Å². The van der Waals surface area contributed by atoms with Crippen molar-refractivity contribution >= 4 is 35.1 Å². The summed E-state index contributed by atoms with van der Waals surface area (Å²) in [5.74, 6) is -0.882. The van der Waals surface area contributed by atoms with Gasteiger partial charge < -0.3 is 19.1 Å². The topological polar surface area (TPSA) is 103 Å². The highest BCUT2D eigenvalue weighted by Crippen LogP contribution is 2.36. The fraction of sp³-hybridized carbons (Fsp3) is 0.300. The number of carbonyl (C=O) groups is 2. The summed E-state index contributed by atoms with van der Waals surface area (Å²) in [5, 5.41) is -0.511. The van der Waals surface area contributed by atoms with E-state index in [4.69, 9.17) is 21.3 Å². The van der Waals surface area contributed by atoms with Gasteiger partial charge in [-0.1, -0.05) is 29.8 Å². The molecule has 2 aromatic heterocycles. The van der Waals surface area contributed by atoms with Crippen molar-refractivity contribution in [1.29, 1.82) is 0 Å². The van der Waals surface area contributed by atoms with Crippen LogP contribution >= 0.6 is 11.6 Å². The van der Waals surface area contributed by atoms with Crippen molar-refractivity contribution < 1.29 is 27.5 Å². The molecule has 5 rings (SSSR count). The van der Waals surface area contributed by atoms with E-state index in [0.717, 1.165) is 12.1 Å². The molecule has 1 amide bonds. The first kappa shape index (κ1) is 30.8. The average molecular weight is 629 g/mol. The molecule has 4 aromatic rings. The SMILES string of the molecule is CCOC(=O)c1ncc(-n2c(N(C)c3ccccc3)nc3c(c2=O)C[C@@H](C)N(C(=O)c2ccc(Cl)c(C(F)(F)F)c2)C3)n1C. The number of anilines is 2. The largest absolute Gasteiger partial charge is 0.460 e. The Morgan fingerprint density at radius 2 is 1.86 bits per heavy atom. The van der Waals surface area contributed by atoms with Crippen LogP contribution in [-0.2, 0) is 30.9 Å². The number of hydrogen-bond donors (Lipinski definition) is 0. The van der Waals surface area contributed by atoms with Crippen LogP contribution in [0.4, 0.5) is 24.8 Å². The van der Waals surface area contributed by atoms with Crippen LogP contribution < -0.4 is 10.5 Å². The lowest BCUT2D eigenvalue weighted by molar-refractivity contribution is -0.137. The molecule has 0 aliphatic carbocycles. The summed E-state index contributed by atoms with van der Waals surface area (Å²) in [4.78, 5) is 52.3. The average Bonchev–Trinajstić information content (AvgIpc) is 3.37. The number of ether oxygens (including phenoxy) is 1. The van der Waals surface area contributed by atoms with Crippen LogP contribution in [0.1, 0.15) is 51.6 Å². The van der Waals surface area contributed by atoms with Gasteiger partial charge >= 0.3 is 12.1 Å². The van der Waals surface area contributed by atoms with Crippen molar-refractivity contribution in [3.8, 4) is 5.82 Å². The van der Waals surface area contributed by atoms with E-state index in [1.54, 1.807) is 32.8 Å². The second-order valence-electron chi connectivity index (χ2n) is 10.3. The number of aromatic nitrogens is 4. The molecule has 0 bridgehead atoms. The molecule has 2 aromatic carbocycles. The summed E-state index contributed by atoms with van der Waals surface area (Å²) < 4.78 is 48.4. The fourth-order valence-electron chi connectivity index (χ4n) is 5.15. The molecule has 0 saturated heterocycles. The minimum atomic E-state index is -4.74. The van der Waals surface area contributed by atoms with E-state index >= 15 is 0 Å². The quantitative estimate of drug-likeness (QED) is 0.272. The first-order valence-electron chi connectivity index (χ1n) is 13.6. The maximum atomic E-state index is 14.2. The summed E-state index contributed by atoms with van der Waals surface area (Å²) in [6.45, 7) is 3.40. The Morgan fingerprint density at radius 3 is 2.52 bits per heavy atom. The molecule has 3 heterocycles. The van der Waals surface area contributed by atoms with Crippen LogP contribution in [0.15, 0.2) is 59.5 Å². The van der Waals surface area contributed by atoms with Gasteiger partial charge in [0.15, 0.2) is 0 Å². The second-order valence-corrected chi connectivity index (χ2v) is 10.7. The zero-order valence-electron chi connectivity index (χ0n) is 24.2. The molecule has 1 aliphatic rings. The van der Waals surface area contributed by atoms with Gasteiger partial charge in [0.05, 0.1) is 35.6 Å². The summed E-state index contributed by atoms with van der Waals surface area (Å²) in [6.07, 6.45) is -3.27. The molecule has 1 aliphatic heterocycles. The lowest BCUT2D eigenvalue weighted by atomic mass is 9.98. The summed E-state index contributed by atoms with van der Waals surface area (Å²) in [7, 11) is 3.29. The highest BCUT2D eigenvalue weighted by Gasteiger charge is 2.36. The van der Waals surface area contributed by atoms with Crippen LogP contribution in [0.25, 0.3) is 5.82 Å². The van der Waals surface area contributed by atoms with Crippen molar-refractivity contribution in [1.82, 2.24) is 24.0 Å². The standard InChI is InChI=1S/C30H28ClF3N6O4/c1-5-44-28(43)25-35-15-24(38(25)4)40-27(42)20-13-17(2)39(26(41)18-11-12-22(31)21(14-18)30(32,33)34)16-23(20)36-29(40)37(3)19-9-7-6-8-10-19/h6-12,14-15,17H,5,13,16H2,1-4H3/t17-/m1/s1. The van der Waals surface area contributed by atoms with Gasteiger partial charge in [-0.3, -0.25) is 9.59 Å². The number of benzene rings is 2. The number of amides is 1. The smallest absolute Gasteiger partial charge is 0.417 e. The molecule has 14 heteroatoms. The Labute approximate surface area is 255 Å². The minimum Gasteiger partial charge on any atom is -0.460 e. The number of nitrogens with zero attached hydrogens (tertiary/aromatic N) is 6. The molecule has 1 atom stereocenters. The highest BCUT2D eigenvalue weighted by atomic mass is 35.5. The number of fused-ring (bicyclic) bond motifs is 1. The molecule has 0 radical (unpaired) electrons. The molecule has 230 valence electrons. The molecule has 0 spiro atoms. The van der Waals surface area contributed by atoms with Crippen LogP contribution in [0.2, 0.25) is 5.02 Å². The van der Waals surface area contributed by atoms with Crippen molar-refractivity contribution in [2.45, 2.75) is 39.0 Å². The van der Waals surface area contributed by atoms with Gasteiger partial charge in [-0.25, -0.2) is 19.3 Å². The number of esters is 1.